The summed E-state index contributed by atoms with van der Waals surface area (Å²) in [5.74, 6) is 0.380. The van der Waals surface area contributed by atoms with Gasteiger partial charge >= 0.3 is 6.01 Å². The highest BCUT2D eigenvalue weighted by Crippen LogP contribution is 2.29. The second-order valence-electron chi connectivity index (χ2n) is 8.53. The Morgan fingerprint density at radius 1 is 1.06 bits per heavy atom. The van der Waals surface area contributed by atoms with Crippen molar-refractivity contribution in [3.63, 3.8) is 0 Å². The Hall–Kier alpha value is -2.80. The molecule has 2 fully saturated rings. The molecule has 1 saturated carbocycles. The third-order valence-corrected chi connectivity index (χ3v) is 5.71. The van der Waals surface area contributed by atoms with Crippen molar-refractivity contribution in [3.8, 4) is 11.9 Å². The number of hydrogen-bond donors (Lipinski definition) is 0. The molecule has 0 spiro atoms. The van der Waals surface area contributed by atoms with Crippen molar-refractivity contribution in [2.45, 2.75) is 76.4 Å². The van der Waals surface area contributed by atoms with E-state index in [0.717, 1.165) is 51.6 Å². The van der Waals surface area contributed by atoms with Crippen molar-refractivity contribution in [2.75, 3.05) is 18.0 Å². The molecule has 0 atom stereocenters. The molecule has 3 heterocycles. The predicted octanol–water partition coefficient (Wildman–Crippen LogP) is 3.31. The summed E-state index contributed by atoms with van der Waals surface area (Å²) in [5, 5.41) is 12.9. The minimum atomic E-state index is -1.62. The minimum Gasteiger partial charge on any atom is -0.472 e. The zero-order chi connectivity index (χ0) is 21.8. The lowest BCUT2D eigenvalue weighted by Crippen LogP contribution is -2.40. The average Bonchev–Trinajstić information content (AvgIpc) is 3.27. The summed E-state index contributed by atoms with van der Waals surface area (Å²) in [4.78, 5) is 14.3. The van der Waals surface area contributed by atoms with Crippen LogP contribution in [0.3, 0.4) is 0 Å². The first kappa shape index (κ1) is 21.4. The van der Waals surface area contributed by atoms with E-state index in [9.17, 15) is 4.39 Å². The van der Waals surface area contributed by atoms with Crippen molar-refractivity contribution < 1.29 is 18.4 Å². The Morgan fingerprint density at radius 3 is 2.35 bits per heavy atom. The van der Waals surface area contributed by atoms with Gasteiger partial charge in [0.25, 0.3) is 5.88 Å². The molecule has 4 rings (SSSR count). The maximum absolute atomic E-state index is 14.0. The Kier molecular flexibility index (Phi) is 6.32. The van der Waals surface area contributed by atoms with Crippen LogP contribution in [0.1, 0.15) is 63.9 Å². The summed E-state index contributed by atoms with van der Waals surface area (Å²) >= 11 is 0. The average molecular weight is 430 g/mol. The third kappa shape index (κ3) is 5.28. The monoisotopic (exact) mass is 430 g/mol. The summed E-state index contributed by atoms with van der Waals surface area (Å²) in [5.41, 5.74) is -1.40. The summed E-state index contributed by atoms with van der Waals surface area (Å²) in [7, 11) is 0. The predicted molar refractivity (Wildman–Crippen MR) is 108 cm³/mol. The van der Waals surface area contributed by atoms with E-state index in [4.69, 9.17) is 19.3 Å². The molecule has 166 valence electrons. The number of rotatable bonds is 6. The van der Waals surface area contributed by atoms with Gasteiger partial charge in [-0.2, -0.15) is 10.2 Å². The lowest BCUT2D eigenvalue weighted by Gasteiger charge is -2.35. The fourth-order valence-corrected chi connectivity index (χ4v) is 3.97. The van der Waals surface area contributed by atoms with Gasteiger partial charge in [-0.3, -0.25) is 0 Å². The van der Waals surface area contributed by atoms with Gasteiger partial charge in [0, 0.05) is 25.5 Å². The van der Waals surface area contributed by atoms with Crippen LogP contribution in [0.25, 0.3) is 0 Å². The highest BCUT2D eigenvalue weighted by atomic mass is 19.1. The molecule has 0 radical (unpaired) electrons. The van der Waals surface area contributed by atoms with Crippen molar-refractivity contribution in [1.82, 2.24) is 20.1 Å². The van der Waals surface area contributed by atoms with Gasteiger partial charge < -0.3 is 18.9 Å². The van der Waals surface area contributed by atoms with Crippen LogP contribution >= 0.6 is 0 Å². The fourth-order valence-electron chi connectivity index (χ4n) is 3.97. The van der Waals surface area contributed by atoms with Crippen LogP contribution in [0.4, 0.5) is 10.4 Å². The largest absolute Gasteiger partial charge is 0.472 e. The minimum absolute atomic E-state index is 0.0250. The Balaban J connectivity index is 1.21. The van der Waals surface area contributed by atoms with Crippen LogP contribution in [0, 0.1) is 11.3 Å². The summed E-state index contributed by atoms with van der Waals surface area (Å²) in [6.07, 6.45) is 8.68. The van der Waals surface area contributed by atoms with Crippen LogP contribution in [-0.4, -0.2) is 51.5 Å². The van der Waals surface area contributed by atoms with E-state index < -0.39 is 5.67 Å². The number of aromatic nitrogens is 4. The van der Waals surface area contributed by atoms with Crippen LogP contribution in [-0.2, 0) is 10.4 Å². The molecule has 0 unspecified atom stereocenters. The molecule has 9 nitrogen and oxygen atoms in total. The highest BCUT2D eigenvalue weighted by Gasteiger charge is 2.31. The van der Waals surface area contributed by atoms with Gasteiger partial charge in [-0.15, -0.1) is 0 Å². The van der Waals surface area contributed by atoms with Crippen molar-refractivity contribution in [1.29, 1.82) is 5.26 Å². The van der Waals surface area contributed by atoms with Crippen molar-refractivity contribution in [2.24, 2.45) is 0 Å². The smallest absolute Gasteiger partial charge is 0.324 e. The number of hydrogen-bond acceptors (Lipinski definition) is 9. The van der Waals surface area contributed by atoms with E-state index in [2.05, 4.69) is 20.1 Å². The molecule has 1 aliphatic carbocycles. The Bertz CT molecular complexity index is 908. The molecule has 0 N–H and O–H groups in total. The van der Waals surface area contributed by atoms with E-state index in [-0.39, 0.29) is 29.8 Å². The van der Waals surface area contributed by atoms with E-state index >= 15 is 0 Å². The van der Waals surface area contributed by atoms with Gasteiger partial charge in [-0.05, 0) is 52.4 Å². The lowest BCUT2D eigenvalue weighted by atomic mass is 9.94. The number of nitriles is 1. The summed E-state index contributed by atoms with van der Waals surface area (Å²) in [6.45, 7) is 4.30. The molecule has 0 aromatic carbocycles. The maximum atomic E-state index is 14.0. The van der Waals surface area contributed by atoms with Gasteiger partial charge in [0.1, 0.15) is 12.2 Å². The van der Waals surface area contributed by atoms with Crippen LogP contribution in [0.2, 0.25) is 0 Å². The molecule has 2 aromatic heterocycles. The van der Waals surface area contributed by atoms with E-state index in [1.54, 1.807) is 0 Å². The fraction of sp³-hybridized carbons (Fsp3) is 0.667. The summed E-state index contributed by atoms with van der Waals surface area (Å²) in [6, 6.07) is 2.38. The first-order chi connectivity index (χ1) is 14.9. The highest BCUT2D eigenvalue weighted by molar-refractivity contribution is 5.30. The molecular weight excluding hydrogens is 403 g/mol. The van der Waals surface area contributed by atoms with E-state index in [1.165, 1.54) is 26.2 Å². The molecule has 2 aliphatic rings. The van der Waals surface area contributed by atoms with Gasteiger partial charge in [0.15, 0.2) is 5.67 Å². The lowest BCUT2D eigenvalue weighted by molar-refractivity contribution is -0.0534. The standard InChI is InChI=1S/C21H27FN6O3/c1-21(2,22)19-26-20(31-27-19)28-11-7-16(8-12-28)29-14-3-5-15(6-4-14)30-18-17(13-23)24-9-10-25-18/h9-10,14-16H,3-8,11-12H2,1-2H3/t14-,15-. The molecule has 1 aliphatic heterocycles. The number of anilines is 1. The van der Waals surface area contributed by atoms with Crippen LogP contribution in [0.5, 0.6) is 5.88 Å². The first-order valence-corrected chi connectivity index (χ1v) is 10.7. The third-order valence-electron chi connectivity index (χ3n) is 5.71. The number of piperidine rings is 1. The van der Waals surface area contributed by atoms with Crippen LogP contribution < -0.4 is 9.64 Å². The van der Waals surface area contributed by atoms with Gasteiger partial charge in [0.05, 0.1) is 12.2 Å². The quantitative estimate of drug-likeness (QED) is 0.681. The molecular formula is C21H27FN6O3. The molecule has 0 bridgehead atoms. The zero-order valence-corrected chi connectivity index (χ0v) is 17.8. The Morgan fingerprint density at radius 2 is 1.71 bits per heavy atom. The van der Waals surface area contributed by atoms with Gasteiger partial charge in [-0.1, -0.05) is 5.16 Å². The van der Waals surface area contributed by atoms with Crippen molar-refractivity contribution >= 4 is 6.01 Å². The van der Waals surface area contributed by atoms with Gasteiger partial charge in [0.2, 0.25) is 11.5 Å². The van der Waals surface area contributed by atoms with Gasteiger partial charge in [-0.25, -0.2) is 14.4 Å². The number of alkyl halides is 1. The zero-order valence-electron chi connectivity index (χ0n) is 17.8. The normalized spacial score (nSPS) is 22.8. The number of ether oxygens (including phenoxy) is 2. The second-order valence-corrected chi connectivity index (χ2v) is 8.53. The molecule has 0 amide bonds. The topological polar surface area (TPSA) is 110 Å². The summed E-state index contributed by atoms with van der Waals surface area (Å²) < 4.78 is 31.4. The first-order valence-electron chi connectivity index (χ1n) is 10.7. The number of halogens is 1. The van der Waals surface area contributed by atoms with Crippen molar-refractivity contribution in [3.05, 3.63) is 23.9 Å². The Labute approximate surface area is 180 Å². The van der Waals surface area contributed by atoms with E-state index in [1.807, 2.05) is 11.0 Å². The molecule has 31 heavy (non-hydrogen) atoms. The molecule has 2 aromatic rings. The molecule has 10 heteroatoms. The number of nitrogens with zero attached hydrogens (tertiary/aromatic N) is 6. The maximum Gasteiger partial charge on any atom is 0.324 e. The second kappa shape index (κ2) is 9.14. The van der Waals surface area contributed by atoms with Crippen LogP contribution in [0.15, 0.2) is 16.9 Å². The SMILES string of the molecule is CC(C)(F)c1noc(N2CCC(O[C@H]3CC[C@H](Oc4nccnc4C#N)CC3)CC2)n1. The van der Waals surface area contributed by atoms with E-state index in [0.29, 0.717) is 11.9 Å². The molecule has 1 saturated heterocycles.